The molecule has 0 radical (unpaired) electrons. The van der Waals surface area contributed by atoms with Gasteiger partial charge in [0.2, 0.25) is 5.91 Å². The van der Waals surface area contributed by atoms with Gasteiger partial charge in [0.15, 0.2) is 0 Å². The maximum atomic E-state index is 13.7. The van der Waals surface area contributed by atoms with Crippen molar-refractivity contribution >= 4 is 34.5 Å². The molecule has 1 aromatic carbocycles. The van der Waals surface area contributed by atoms with Crippen molar-refractivity contribution in [2.24, 2.45) is 5.92 Å². The number of carbonyl (C=O) groups is 2. The maximum Gasteiger partial charge on any atom is 0.263 e. The molecule has 4 heterocycles. The van der Waals surface area contributed by atoms with Crippen molar-refractivity contribution < 1.29 is 9.59 Å². The van der Waals surface area contributed by atoms with Crippen LogP contribution in [0.5, 0.6) is 0 Å². The summed E-state index contributed by atoms with van der Waals surface area (Å²) in [6.45, 7) is 1.99. The molecule has 2 aliphatic heterocycles. The Morgan fingerprint density at radius 1 is 0.933 bits per heavy atom. The van der Waals surface area contributed by atoms with Gasteiger partial charge in [-0.1, -0.05) is 36.4 Å². The molecule has 2 amide bonds. The molecule has 0 spiro atoms. The molecule has 2 aliphatic rings. The molecule has 0 saturated carbocycles. The van der Waals surface area contributed by atoms with Crippen molar-refractivity contribution in [3.63, 3.8) is 0 Å². The van der Waals surface area contributed by atoms with Gasteiger partial charge in [0.1, 0.15) is 0 Å². The second-order valence-corrected chi connectivity index (χ2v) is 9.91. The van der Waals surface area contributed by atoms with Crippen LogP contribution < -0.4 is 0 Å². The summed E-state index contributed by atoms with van der Waals surface area (Å²) in [5.41, 5.74) is 2.42. The average molecular weight is 437 g/mol. The van der Waals surface area contributed by atoms with Crippen molar-refractivity contribution in [2.45, 2.75) is 25.3 Å². The molecule has 4 nitrogen and oxygen atoms in total. The highest BCUT2D eigenvalue weighted by Gasteiger charge is 2.38. The number of nitrogens with zero attached hydrogens (tertiary/aromatic N) is 2. The van der Waals surface area contributed by atoms with Crippen LogP contribution in [0.25, 0.3) is 0 Å². The third-order valence-electron chi connectivity index (χ3n) is 6.15. The van der Waals surface area contributed by atoms with Gasteiger partial charge in [-0.25, -0.2) is 0 Å². The van der Waals surface area contributed by atoms with Crippen molar-refractivity contribution in [3.05, 3.63) is 80.2 Å². The highest BCUT2D eigenvalue weighted by molar-refractivity contribution is 7.12. The van der Waals surface area contributed by atoms with Crippen molar-refractivity contribution in [2.75, 3.05) is 19.6 Å². The number of piperidine rings is 1. The van der Waals surface area contributed by atoms with Gasteiger partial charge in [0.25, 0.3) is 5.91 Å². The summed E-state index contributed by atoms with van der Waals surface area (Å²) in [6.07, 6.45) is 2.63. The first kappa shape index (κ1) is 19.5. The van der Waals surface area contributed by atoms with Gasteiger partial charge in [-0.15, -0.1) is 22.7 Å². The molecular weight excluding hydrogens is 412 g/mol. The lowest BCUT2D eigenvalue weighted by Gasteiger charge is -2.40. The van der Waals surface area contributed by atoms with Crippen molar-refractivity contribution in [3.8, 4) is 0 Å². The predicted molar refractivity (Wildman–Crippen MR) is 121 cm³/mol. The van der Waals surface area contributed by atoms with E-state index >= 15 is 0 Å². The van der Waals surface area contributed by atoms with Crippen LogP contribution in [0.4, 0.5) is 0 Å². The van der Waals surface area contributed by atoms with Gasteiger partial charge in [-0.05, 0) is 53.3 Å². The number of benzene rings is 1. The monoisotopic (exact) mass is 436 g/mol. The van der Waals surface area contributed by atoms with Gasteiger partial charge in [0.05, 0.1) is 16.8 Å². The van der Waals surface area contributed by atoms with E-state index in [-0.39, 0.29) is 23.8 Å². The largest absolute Gasteiger partial charge is 0.337 e. The van der Waals surface area contributed by atoms with Gasteiger partial charge in [-0.3, -0.25) is 9.59 Å². The van der Waals surface area contributed by atoms with Crippen LogP contribution >= 0.6 is 22.7 Å². The lowest BCUT2D eigenvalue weighted by Crippen LogP contribution is -2.49. The summed E-state index contributed by atoms with van der Waals surface area (Å²) in [5.74, 6) is 0.110. The van der Waals surface area contributed by atoms with E-state index in [0.29, 0.717) is 6.54 Å². The van der Waals surface area contributed by atoms with E-state index in [9.17, 15) is 9.59 Å². The molecule has 5 rings (SSSR count). The molecule has 0 unspecified atom stereocenters. The van der Waals surface area contributed by atoms with Gasteiger partial charge in [-0.2, -0.15) is 0 Å². The third kappa shape index (κ3) is 3.59. The molecular formula is C24H24N2O2S2. The van der Waals surface area contributed by atoms with Crippen LogP contribution in [0.3, 0.4) is 0 Å². The standard InChI is InChI=1S/C24H24N2O2S2/c27-23(18-8-4-12-25(16-18)24(28)21-9-5-14-29-21)26-13-10-20-19(11-15-30-20)22(26)17-6-2-1-3-7-17/h1-3,5-7,9,11,14-15,18,22H,4,8,10,12-13,16H2/t18-,22-/m1/s1. The van der Waals surface area contributed by atoms with E-state index in [1.807, 2.05) is 40.6 Å². The zero-order chi connectivity index (χ0) is 20.5. The Kier molecular flexibility index (Phi) is 5.44. The van der Waals surface area contributed by atoms with Crippen molar-refractivity contribution in [1.29, 1.82) is 0 Å². The van der Waals surface area contributed by atoms with Crippen LogP contribution in [0, 0.1) is 5.92 Å². The van der Waals surface area contributed by atoms with E-state index in [1.165, 1.54) is 21.8 Å². The van der Waals surface area contributed by atoms with E-state index in [0.717, 1.165) is 42.8 Å². The number of carbonyl (C=O) groups excluding carboxylic acids is 2. The minimum absolute atomic E-state index is 0.0305. The SMILES string of the molecule is O=C(c1cccs1)N1CCC[C@@H](C(=O)N2CCc3sccc3[C@H]2c2ccccc2)C1. The van der Waals surface area contributed by atoms with Crippen LogP contribution in [-0.2, 0) is 11.2 Å². The Labute approximate surface area is 184 Å². The molecule has 0 N–H and O–H groups in total. The van der Waals surface area contributed by atoms with Crippen molar-refractivity contribution in [1.82, 2.24) is 9.80 Å². The molecule has 2 aromatic heterocycles. The molecule has 30 heavy (non-hydrogen) atoms. The second kappa shape index (κ2) is 8.36. The minimum Gasteiger partial charge on any atom is -0.337 e. The molecule has 0 bridgehead atoms. The van der Waals surface area contributed by atoms with E-state index in [2.05, 4.69) is 28.5 Å². The Bertz CT molecular complexity index is 1030. The normalized spacial score (nSPS) is 21.3. The number of likely N-dealkylation sites (tertiary alicyclic amines) is 1. The molecule has 2 atom stereocenters. The fraction of sp³-hybridized carbons (Fsp3) is 0.333. The summed E-state index contributed by atoms with van der Waals surface area (Å²) in [6, 6.07) is 16.2. The fourth-order valence-corrected chi connectivity index (χ4v) is 6.30. The second-order valence-electron chi connectivity index (χ2n) is 7.96. The number of thiophene rings is 2. The lowest BCUT2D eigenvalue weighted by atomic mass is 9.90. The summed E-state index contributed by atoms with van der Waals surface area (Å²) >= 11 is 3.25. The first-order valence-corrected chi connectivity index (χ1v) is 12.2. The maximum absolute atomic E-state index is 13.7. The Hall–Kier alpha value is -2.44. The minimum atomic E-state index is -0.130. The topological polar surface area (TPSA) is 40.6 Å². The Balaban J connectivity index is 1.40. The smallest absolute Gasteiger partial charge is 0.263 e. The van der Waals surface area contributed by atoms with Crippen LogP contribution in [0.2, 0.25) is 0 Å². The third-order valence-corrected chi connectivity index (χ3v) is 8.01. The van der Waals surface area contributed by atoms with E-state index < -0.39 is 0 Å². The fourth-order valence-electron chi connectivity index (χ4n) is 4.70. The summed E-state index contributed by atoms with van der Waals surface area (Å²) in [5, 5.41) is 4.06. The first-order valence-electron chi connectivity index (χ1n) is 10.5. The van der Waals surface area contributed by atoms with Crippen LogP contribution in [0.1, 0.15) is 44.6 Å². The first-order chi connectivity index (χ1) is 14.7. The molecule has 0 aliphatic carbocycles. The summed E-state index contributed by atoms with van der Waals surface area (Å²) < 4.78 is 0. The Morgan fingerprint density at radius 3 is 2.60 bits per heavy atom. The summed E-state index contributed by atoms with van der Waals surface area (Å²) in [4.78, 5) is 32.6. The van der Waals surface area contributed by atoms with Crippen LogP contribution in [-0.4, -0.2) is 41.2 Å². The number of amides is 2. The molecule has 154 valence electrons. The lowest BCUT2D eigenvalue weighted by molar-refractivity contribution is -0.139. The number of fused-ring (bicyclic) bond motifs is 1. The molecule has 6 heteroatoms. The van der Waals surface area contributed by atoms with E-state index in [4.69, 9.17) is 0 Å². The number of hydrogen-bond acceptors (Lipinski definition) is 4. The number of hydrogen-bond donors (Lipinski definition) is 0. The highest BCUT2D eigenvalue weighted by Crippen LogP contribution is 2.39. The molecule has 1 fully saturated rings. The highest BCUT2D eigenvalue weighted by atomic mass is 32.1. The van der Waals surface area contributed by atoms with E-state index in [1.54, 1.807) is 11.3 Å². The Morgan fingerprint density at radius 2 is 1.80 bits per heavy atom. The zero-order valence-electron chi connectivity index (χ0n) is 16.7. The molecule has 3 aromatic rings. The quantitative estimate of drug-likeness (QED) is 0.590. The predicted octanol–water partition coefficient (Wildman–Crippen LogP) is 4.84. The summed E-state index contributed by atoms with van der Waals surface area (Å²) in [7, 11) is 0. The van der Waals surface area contributed by atoms with Gasteiger partial charge < -0.3 is 9.80 Å². The molecule has 1 saturated heterocycles. The van der Waals surface area contributed by atoms with Gasteiger partial charge in [0, 0.05) is 24.5 Å². The number of rotatable bonds is 3. The van der Waals surface area contributed by atoms with Crippen LogP contribution in [0.15, 0.2) is 59.3 Å². The zero-order valence-corrected chi connectivity index (χ0v) is 18.3. The average Bonchev–Trinajstić information content (AvgIpc) is 3.50. The van der Waals surface area contributed by atoms with Gasteiger partial charge >= 0.3 is 0 Å².